The number of amides is 1. The van der Waals surface area contributed by atoms with E-state index in [2.05, 4.69) is 5.32 Å². The minimum Gasteiger partial charge on any atom is -0.345 e. The Balaban J connectivity index is 1.52. The summed E-state index contributed by atoms with van der Waals surface area (Å²) in [5, 5.41) is 3.28. The van der Waals surface area contributed by atoms with Crippen LogP contribution in [0.15, 0.2) is 0 Å². The van der Waals surface area contributed by atoms with E-state index in [1.165, 1.54) is 25.7 Å². The maximum atomic E-state index is 12.2. The molecule has 2 aliphatic carbocycles. The van der Waals surface area contributed by atoms with Crippen LogP contribution in [0.2, 0.25) is 0 Å². The highest BCUT2D eigenvalue weighted by molar-refractivity contribution is 5.79. The third kappa shape index (κ3) is 2.22. The van der Waals surface area contributed by atoms with Crippen LogP contribution in [0.5, 0.6) is 0 Å². The molecule has 1 aliphatic heterocycles. The Bertz CT molecular complexity index is 299. The zero-order chi connectivity index (χ0) is 11.8. The van der Waals surface area contributed by atoms with Crippen molar-refractivity contribution in [1.29, 1.82) is 0 Å². The van der Waals surface area contributed by atoms with E-state index >= 15 is 0 Å². The number of nitrogens with one attached hydrogen (secondary N) is 1. The molecular formula is C14H24N2O. The molecule has 1 amide bonds. The van der Waals surface area contributed by atoms with Crippen LogP contribution in [0.4, 0.5) is 0 Å². The number of nitrogens with zero attached hydrogens (tertiary/aromatic N) is 1. The molecule has 0 aromatic heterocycles. The molecule has 3 heteroatoms. The number of carbonyl (C=O) groups excluding carboxylic acids is 1. The molecule has 0 spiro atoms. The van der Waals surface area contributed by atoms with Crippen molar-refractivity contribution in [3.63, 3.8) is 0 Å². The first-order chi connectivity index (χ1) is 8.24. The Morgan fingerprint density at radius 3 is 2.76 bits per heavy atom. The summed E-state index contributed by atoms with van der Waals surface area (Å²) in [5.74, 6) is 3.34. The highest BCUT2D eigenvalue weighted by atomic mass is 16.2. The Hall–Kier alpha value is -0.570. The summed E-state index contributed by atoms with van der Waals surface area (Å²) in [6, 6.07) is 0. The topological polar surface area (TPSA) is 32.3 Å². The summed E-state index contributed by atoms with van der Waals surface area (Å²) in [6.45, 7) is 2.91. The minimum atomic E-state index is 0.249. The van der Waals surface area contributed by atoms with E-state index in [9.17, 15) is 4.79 Å². The second-order valence-electron chi connectivity index (χ2n) is 6.34. The summed E-state index contributed by atoms with van der Waals surface area (Å²) in [6.07, 6.45) is 6.72. The standard InChI is InChI=1S/C14H24N2O/c1-16(14(17)12-4-5-15-8-12)9-13-7-10-2-3-11(13)6-10/h10-13,15H,2-9H2,1H3. The largest absolute Gasteiger partial charge is 0.345 e. The molecule has 17 heavy (non-hydrogen) atoms. The van der Waals surface area contributed by atoms with Crippen molar-refractivity contribution >= 4 is 5.91 Å². The van der Waals surface area contributed by atoms with Gasteiger partial charge < -0.3 is 10.2 Å². The normalized spacial score (nSPS) is 39.8. The lowest BCUT2D eigenvalue weighted by Crippen LogP contribution is -2.38. The Morgan fingerprint density at radius 2 is 2.18 bits per heavy atom. The van der Waals surface area contributed by atoms with Crippen LogP contribution in [0.3, 0.4) is 0 Å². The zero-order valence-corrected chi connectivity index (χ0v) is 10.8. The van der Waals surface area contributed by atoms with E-state index in [0.29, 0.717) is 5.91 Å². The second kappa shape index (κ2) is 4.60. The van der Waals surface area contributed by atoms with E-state index in [0.717, 1.165) is 43.8 Å². The van der Waals surface area contributed by atoms with Crippen LogP contribution in [0.25, 0.3) is 0 Å². The average molecular weight is 236 g/mol. The molecule has 3 fully saturated rings. The molecule has 1 saturated heterocycles. The summed E-state index contributed by atoms with van der Waals surface area (Å²) < 4.78 is 0. The van der Waals surface area contributed by atoms with Crippen molar-refractivity contribution in [1.82, 2.24) is 10.2 Å². The number of fused-ring (bicyclic) bond motifs is 2. The highest BCUT2D eigenvalue weighted by Gasteiger charge is 2.40. The van der Waals surface area contributed by atoms with Crippen LogP contribution in [0, 0.1) is 23.7 Å². The second-order valence-corrected chi connectivity index (χ2v) is 6.34. The third-order valence-electron chi connectivity index (χ3n) is 5.18. The molecule has 2 saturated carbocycles. The van der Waals surface area contributed by atoms with E-state index in [-0.39, 0.29) is 5.92 Å². The monoisotopic (exact) mass is 236 g/mol. The molecule has 3 aliphatic rings. The van der Waals surface area contributed by atoms with Gasteiger partial charge in [0, 0.05) is 20.1 Å². The summed E-state index contributed by atoms with van der Waals surface area (Å²) in [5.41, 5.74) is 0. The fourth-order valence-electron chi connectivity index (χ4n) is 4.22. The van der Waals surface area contributed by atoms with Gasteiger partial charge >= 0.3 is 0 Å². The van der Waals surface area contributed by atoms with E-state index in [4.69, 9.17) is 0 Å². The first kappa shape index (κ1) is 11.5. The lowest BCUT2D eigenvalue weighted by molar-refractivity contribution is -0.134. The van der Waals surface area contributed by atoms with Gasteiger partial charge in [0.15, 0.2) is 0 Å². The molecule has 2 bridgehead atoms. The van der Waals surface area contributed by atoms with Crippen molar-refractivity contribution in [3.05, 3.63) is 0 Å². The van der Waals surface area contributed by atoms with Crippen molar-refractivity contribution in [2.24, 2.45) is 23.7 Å². The summed E-state index contributed by atoms with van der Waals surface area (Å²) in [4.78, 5) is 14.2. The number of hydrogen-bond donors (Lipinski definition) is 1. The summed E-state index contributed by atoms with van der Waals surface area (Å²) >= 11 is 0. The van der Waals surface area contributed by atoms with Gasteiger partial charge in [-0.3, -0.25) is 4.79 Å². The van der Waals surface area contributed by atoms with Crippen LogP contribution in [0.1, 0.15) is 32.1 Å². The zero-order valence-electron chi connectivity index (χ0n) is 10.8. The maximum absolute atomic E-state index is 12.2. The molecule has 3 rings (SSSR count). The molecule has 3 nitrogen and oxygen atoms in total. The van der Waals surface area contributed by atoms with Crippen LogP contribution < -0.4 is 5.32 Å². The molecule has 0 aromatic rings. The van der Waals surface area contributed by atoms with Crippen molar-refractivity contribution < 1.29 is 4.79 Å². The molecule has 1 heterocycles. The molecule has 4 unspecified atom stereocenters. The van der Waals surface area contributed by atoms with Gasteiger partial charge in [0.05, 0.1) is 5.92 Å². The van der Waals surface area contributed by atoms with Gasteiger partial charge in [0.25, 0.3) is 0 Å². The first-order valence-corrected chi connectivity index (χ1v) is 7.19. The number of rotatable bonds is 3. The predicted molar refractivity (Wildman–Crippen MR) is 67.6 cm³/mol. The van der Waals surface area contributed by atoms with E-state index in [1.807, 2.05) is 11.9 Å². The summed E-state index contributed by atoms with van der Waals surface area (Å²) in [7, 11) is 2.01. The van der Waals surface area contributed by atoms with Gasteiger partial charge in [-0.2, -0.15) is 0 Å². The smallest absolute Gasteiger partial charge is 0.226 e. The fourth-order valence-corrected chi connectivity index (χ4v) is 4.22. The maximum Gasteiger partial charge on any atom is 0.226 e. The predicted octanol–water partition coefficient (Wildman–Crippen LogP) is 1.49. The quantitative estimate of drug-likeness (QED) is 0.805. The fraction of sp³-hybridized carbons (Fsp3) is 0.929. The van der Waals surface area contributed by atoms with Gasteiger partial charge in [-0.25, -0.2) is 0 Å². The van der Waals surface area contributed by atoms with Gasteiger partial charge in [-0.1, -0.05) is 6.42 Å². The first-order valence-electron chi connectivity index (χ1n) is 7.19. The van der Waals surface area contributed by atoms with Gasteiger partial charge in [0.2, 0.25) is 5.91 Å². The average Bonchev–Trinajstić information content (AvgIpc) is 3.04. The molecule has 1 N–H and O–H groups in total. The Morgan fingerprint density at radius 1 is 1.29 bits per heavy atom. The Kier molecular flexibility index (Phi) is 3.12. The van der Waals surface area contributed by atoms with Crippen LogP contribution in [-0.2, 0) is 4.79 Å². The van der Waals surface area contributed by atoms with E-state index < -0.39 is 0 Å². The lowest BCUT2D eigenvalue weighted by Gasteiger charge is -2.28. The molecule has 4 atom stereocenters. The van der Waals surface area contributed by atoms with Crippen LogP contribution >= 0.6 is 0 Å². The molecule has 96 valence electrons. The molecule has 0 aromatic carbocycles. The van der Waals surface area contributed by atoms with Gasteiger partial charge in [-0.05, 0) is 50.0 Å². The van der Waals surface area contributed by atoms with E-state index in [1.54, 1.807) is 0 Å². The van der Waals surface area contributed by atoms with Crippen molar-refractivity contribution in [3.8, 4) is 0 Å². The van der Waals surface area contributed by atoms with Crippen molar-refractivity contribution in [2.75, 3.05) is 26.7 Å². The van der Waals surface area contributed by atoms with Crippen molar-refractivity contribution in [2.45, 2.75) is 32.1 Å². The third-order valence-corrected chi connectivity index (χ3v) is 5.18. The number of hydrogen-bond acceptors (Lipinski definition) is 2. The van der Waals surface area contributed by atoms with Crippen LogP contribution in [-0.4, -0.2) is 37.5 Å². The number of carbonyl (C=O) groups is 1. The Labute approximate surface area is 104 Å². The highest BCUT2D eigenvalue weighted by Crippen LogP contribution is 2.48. The molecule has 0 radical (unpaired) electrons. The van der Waals surface area contributed by atoms with Gasteiger partial charge in [-0.15, -0.1) is 0 Å². The SMILES string of the molecule is CN(CC1CC2CCC1C2)C(=O)C1CCNC1. The molecular weight excluding hydrogens is 212 g/mol. The van der Waals surface area contributed by atoms with Gasteiger partial charge in [0.1, 0.15) is 0 Å². The minimum absolute atomic E-state index is 0.249. The lowest BCUT2D eigenvalue weighted by atomic mass is 9.88.